The van der Waals surface area contributed by atoms with Crippen LogP contribution >= 0.6 is 11.6 Å². The van der Waals surface area contributed by atoms with Gasteiger partial charge in [0.05, 0.1) is 16.1 Å². The first-order chi connectivity index (χ1) is 11.8. The first-order valence-electron chi connectivity index (χ1n) is 8.44. The monoisotopic (exact) mass is 364 g/mol. The molecular weight excluding hydrogens is 340 g/mol. The molecule has 2 heterocycles. The summed E-state index contributed by atoms with van der Waals surface area (Å²) in [5, 5.41) is 6.80. The summed E-state index contributed by atoms with van der Waals surface area (Å²) in [6, 6.07) is 1.70. The van der Waals surface area contributed by atoms with Crippen molar-refractivity contribution in [1.82, 2.24) is 20.3 Å². The number of hydrogen-bond donors (Lipinski definition) is 3. The number of unbranched alkanes of at least 4 members (excludes halogenated alkanes) is 2. The van der Waals surface area contributed by atoms with Crippen molar-refractivity contribution in [3.05, 3.63) is 17.3 Å². The molecule has 0 aliphatic carbocycles. The molecule has 2 aromatic heterocycles. The van der Waals surface area contributed by atoms with Crippen molar-refractivity contribution < 1.29 is 4.79 Å². The van der Waals surface area contributed by atoms with Gasteiger partial charge in [-0.05, 0) is 19.4 Å². The summed E-state index contributed by atoms with van der Waals surface area (Å²) < 4.78 is 0. The van der Waals surface area contributed by atoms with Crippen LogP contribution in [-0.2, 0) is 4.79 Å². The molecule has 0 aliphatic heterocycles. The molecule has 25 heavy (non-hydrogen) atoms. The Labute approximate surface area is 152 Å². The molecule has 0 saturated carbocycles. The molecule has 0 aliphatic rings. The highest BCUT2D eigenvalue weighted by Crippen LogP contribution is 2.26. The van der Waals surface area contributed by atoms with Gasteiger partial charge in [0.2, 0.25) is 11.9 Å². The molecule has 0 bridgehead atoms. The molecule has 0 unspecified atom stereocenters. The molecular formula is C17H25ClN6O. The second kappa shape index (κ2) is 8.29. The van der Waals surface area contributed by atoms with Crippen LogP contribution in [0.3, 0.4) is 0 Å². The average molecular weight is 365 g/mol. The molecule has 0 radical (unpaired) electrons. The van der Waals surface area contributed by atoms with Gasteiger partial charge in [0.1, 0.15) is 5.52 Å². The normalized spacial score (nSPS) is 13.4. The lowest BCUT2D eigenvalue weighted by Crippen LogP contribution is -2.46. The number of hydrogen-bond acceptors (Lipinski definition) is 6. The van der Waals surface area contributed by atoms with Gasteiger partial charge in [-0.3, -0.25) is 4.79 Å². The third-order valence-electron chi connectivity index (χ3n) is 4.00. The van der Waals surface area contributed by atoms with Crippen LogP contribution in [0.2, 0.25) is 5.02 Å². The molecule has 2 aromatic rings. The van der Waals surface area contributed by atoms with E-state index in [0.717, 1.165) is 25.7 Å². The number of amides is 1. The van der Waals surface area contributed by atoms with Crippen LogP contribution in [0, 0.1) is 0 Å². The van der Waals surface area contributed by atoms with Crippen molar-refractivity contribution in [2.24, 2.45) is 0 Å². The molecule has 4 N–H and O–H groups in total. The fourth-order valence-electron chi connectivity index (χ4n) is 2.66. The number of halogens is 1. The fraction of sp³-hybridized carbons (Fsp3) is 0.529. The van der Waals surface area contributed by atoms with Gasteiger partial charge >= 0.3 is 0 Å². The molecule has 0 fully saturated rings. The molecule has 0 spiro atoms. The number of pyridine rings is 1. The quantitative estimate of drug-likeness (QED) is 0.621. The van der Waals surface area contributed by atoms with Gasteiger partial charge in [-0.2, -0.15) is 4.98 Å². The zero-order valence-corrected chi connectivity index (χ0v) is 15.7. The standard InChI is InChI=1S/C17H25ClN6O/c1-4-5-6-7-17(3,10-21-11(2)25)24-15-14-13(22-16(19)23-15)8-12(18)9-20-14/h8-9H,4-7,10H2,1-3H3,(H,21,25)(H3,19,22,23,24)/t17-/m0/s1. The number of anilines is 2. The van der Waals surface area contributed by atoms with Gasteiger partial charge in [0.15, 0.2) is 5.82 Å². The van der Waals surface area contributed by atoms with Crippen molar-refractivity contribution in [3.63, 3.8) is 0 Å². The average Bonchev–Trinajstić information content (AvgIpc) is 2.52. The molecule has 8 heteroatoms. The van der Waals surface area contributed by atoms with Crippen LogP contribution in [0.5, 0.6) is 0 Å². The Morgan fingerprint density at radius 1 is 1.36 bits per heavy atom. The number of carbonyl (C=O) groups is 1. The highest BCUT2D eigenvalue weighted by Gasteiger charge is 2.26. The maximum atomic E-state index is 11.4. The molecule has 1 amide bonds. The lowest BCUT2D eigenvalue weighted by molar-refractivity contribution is -0.119. The summed E-state index contributed by atoms with van der Waals surface area (Å²) in [4.78, 5) is 24.2. The smallest absolute Gasteiger partial charge is 0.222 e. The Bertz CT molecular complexity index is 748. The van der Waals surface area contributed by atoms with E-state index >= 15 is 0 Å². The highest BCUT2D eigenvalue weighted by atomic mass is 35.5. The minimum absolute atomic E-state index is 0.0690. The second-order valence-corrected chi connectivity index (χ2v) is 6.94. The van der Waals surface area contributed by atoms with Crippen LogP contribution in [0.25, 0.3) is 11.0 Å². The number of nitrogens with one attached hydrogen (secondary N) is 2. The van der Waals surface area contributed by atoms with E-state index in [1.54, 1.807) is 12.3 Å². The Morgan fingerprint density at radius 2 is 2.12 bits per heavy atom. The van der Waals surface area contributed by atoms with Crippen LogP contribution < -0.4 is 16.4 Å². The molecule has 0 saturated heterocycles. The number of nitrogens with zero attached hydrogens (tertiary/aromatic N) is 3. The third-order valence-corrected chi connectivity index (χ3v) is 4.21. The van der Waals surface area contributed by atoms with E-state index in [4.69, 9.17) is 17.3 Å². The Kier molecular flexibility index (Phi) is 6.36. The maximum Gasteiger partial charge on any atom is 0.222 e. The van der Waals surface area contributed by atoms with Gasteiger partial charge in [-0.15, -0.1) is 0 Å². The van der Waals surface area contributed by atoms with Gasteiger partial charge < -0.3 is 16.4 Å². The maximum absolute atomic E-state index is 11.4. The summed E-state index contributed by atoms with van der Waals surface area (Å²) in [6.45, 7) is 6.20. The number of rotatable bonds is 8. The first kappa shape index (κ1) is 19.2. The van der Waals surface area contributed by atoms with Crippen LogP contribution in [0.4, 0.5) is 11.8 Å². The van der Waals surface area contributed by atoms with Crippen molar-refractivity contribution >= 4 is 40.3 Å². The van der Waals surface area contributed by atoms with E-state index < -0.39 is 0 Å². The molecule has 0 aromatic carbocycles. The van der Waals surface area contributed by atoms with Crippen molar-refractivity contribution in [3.8, 4) is 0 Å². The Balaban J connectivity index is 2.33. The predicted molar refractivity (Wildman–Crippen MR) is 102 cm³/mol. The van der Waals surface area contributed by atoms with Gasteiger partial charge in [-0.1, -0.05) is 37.8 Å². The number of nitrogen functional groups attached to an aromatic ring is 1. The Hall–Kier alpha value is -2.15. The van der Waals surface area contributed by atoms with Crippen molar-refractivity contribution in [2.75, 3.05) is 17.6 Å². The van der Waals surface area contributed by atoms with Gasteiger partial charge in [0.25, 0.3) is 0 Å². The fourth-order valence-corrected chi connectivity index (χ4v) is 2.82. The molecule has 7 nitrogen and oxygen atoms in total. The number of nitrogens with two attached hydrogens (primary N) is 1. The highest BCUT2D eigenvalue weighted by molar-refractivity contribution is 6.31. The van der Waals surface area contributed by atoms with E-state index in [1.165, 1.54) is 6.92 Å². The summed E-state index contributed by atoms with van der Waals surface area (Å²) in [5.74, 6) is 0.624. The third kappa shape index (κ3) is 5.42. The number of aromatic nitrogens is 3. The summed E-state index contributed by atoms with van der Waals surface area (Å²) in [5.41, 5.74) is 6.64. The van der Waals surface area contributed by atoms with E-state index in [-0.39, 0.29) is 17.4 Å². The van der Waals surface area contributed by atoms with Gasteiger partial charge in [0, 0.05) is 19.7 Å². The summed E-state index contributed by atoms with van der Waals surface area (Å²) in [7, 11) is 0. The molecule has 2 rings (SSSR count). The van der Waals surface area contributed by atoms with Crippen LogP contribution in [0.1, 0.15) is 46.5 Å². The molecule has 136 valence electrons. The summed E-state index contributed by atoms with van der Waals surface area (Å²) >= 11 is 5.99. The first-order valence-corrected chi connectivity index (χ1v) is 8.82. The topological polar surface area (TPSA) is 106 Å². The summed E-state index contributed by atoms with van der Waals surface area (Å²) in [6.07, 6.45) is 5.71. The molecule has 1 atom stereocenters. The lowest BCUT2D eigenvalue weighted by atomic mass is 9.94. The zero-order valence-electron chi connectivity index (χ0n) is 14.9. The minimum atomic E-state index is -0.379. The van der Waals surface area contributed by atoms with E-state index in [1.807, 2.05) is 0 Å². The Morgan fingerprint density at radius 3 is 2.80 bits per heavy atom. The minimum Gasteiger partial charge on any atom is -0.368 e. The van der Waals surface area contributed by atoms with Gasteiger partial charge in [-0.25, -0.2) is 9.97 Å². The zero-order chi connectivity index (χ0) is 18.4. The predicted octanol–water partition coefficient (Wildman–Crippen LogP) is 3.15. The largest absolute Gasteiger partial charge is 0.368 e. The lowest BCUT2D eigenvalue weighted by Gasteiger charge is -2.32. The SMILES string of the molecule is CCCCC[C@@](C)(CNC(C)=O)Nc1nc(N)nc2cc(Cl)cnc12. The van der Waals surface area contributed by atoms with E-state index in [9.17, 15) is 4.79 Å². The van der Waals surface area contributed by atoms with Crippen molar-refractivity contribution in [2.45, 2.75) is 52.0 Å². The second-order valence-electron chi connectivity index (χ2n) is 6.50. The van der Waals surface area contributed by atoms with Crippen molar-refractivity contribution in [1.29, 1.82) is 0 Å². The van der Waals surface area contributed by atoms with Crippen LogP contribution in [-0.4, -0.2) is 32.9 Å². The van der Waals surface area contributed by atoms with Crippen LogP contribution in [0.15, 0.2) is 12.3 Å². The van der Waals surface area contributed by atoms with E-state index in [0.29, 0.717) is 28.4 Å². The number of fused-ring (bicyclic) bond motifs is 1. The number of carbonyl (C=O) groups excluding carboxylic acids is 1. The van der Waals surface area contributed by atoms with E-state index in [2.05, 4.69) is 39.4 Å².